The zero-order valence-corrected chi connectivity index (χ0v) is 15.7. The van der Waals surface area contributed by atoms with E-state index in [-0.39, 0.29) is 30.7 Å². The molecule has 24 heavy (non-hydrogen) atoms. The quantitative estimate of drug-likeness (QED) is 0.882. The Morgan fingerprint density at radius 3 is 2.17 bits per heavy atom. The van der Waals surface area contributed by atoms with Crippen molar-refractivity contribution < 1.29 is 4.79 Å². The van der Waals surface area contributed by atoms with Gasteiger partial charge in [0.05, 0.1) is 0 Å². The van der Waals surface area contributed by atoms with Crippen molar-refractivity contribution in [2.75, 3.05) is 19.6 Å². The summed E-state index contributed by atoms with van der Waals surface area (Å²) < 4.78 is 0. The molecule has 2 N–H and O–H groups in total. The van der Waals surface area contributed by atoms with E-state index in [0.717, 1.165) is 58.2 Å². The number of piperidine rings is 1. The Hall–Kier alpha value is -0.840. The van der Waals surface area contributed by atoms with E-state index in [1.807, 2.05) is 12.4 Å². The van der Waals surface area contributed by atoms with Crippen LogP contribution in [0.4, 0.5) is 0 Å². The number of aromatic nitrogens is 1. The maximum atomic E-state index is 12.7. The van der Waals surface area contributed by atoms with Gasteiger partial charge in [-0.15, -0.1) is 24.8 Å². The molecule has 0 unspecified atom stereocenters. The van der Waals surface area contributed by atoms with Gasteiger partial charge in [-0.3, -0.25) is 9.78 Å². The Bertz CT molecular complexity index is 484. The Balaban J connectivity index is 0.00000144. The highest BCUT2D eigenvalue weighted by molar-refractivity contribution is 5.85. The molecule has 1 aliphatic carbocycles. The Morgan fingerprint density at radius 1 is 1.04 bits per heavy atom. The minimum Gasteiger partial charge on any atom is -0.342 e. The fraction of sp³-hybridized carbons (Fsp3) is 0.667. The van der Waals surface area contributed by atoms with Crippen molar-refractivity contribution in [3.63, 3.8) is 0 Å². The molecule has 6 heteroatoms. The van der Waals surface area contributed by atoms with E-state index in [1.165, 1.54) is 5.56 Å². The third-order valence-electron chi connectivity index (χ3n) is 5.51. The van der Waals surface area contributed by atoms with Crippen LogP contribution >= 0.6 is 24.8 Å². The molecule has 0 spiro atoms. The first kappa shape index (κ1) is 21.2. The van der Waals surface area contributed by atoms with Crippen LogP contribution in [0.15, 0.2) is 24.5 Å². The number of pyridine rings is 1. The van der Waals surface area contributed by atoms with Crippen LogP contribution in [-0.4, -0.2) is 35.4 Å². The van der Waals surface area contributed by atoms with Gasteiger partial charge in [0.2, 0.25) is 5.91 Å². The number of halogens is 2. The molecule has 2 heterocycles. The third-order valence-corrected chi connectivity index (χ3v) is 5.51. The van der Waals surface area contributed by atoms with Crippen LogP contribution in [0, 0.1) is 11.8 Å². The molecule has 1 aromatic rings. The second-order valence-corrected chi connectivity index (χ2v) is 6.83. The molecule has 2 fully saturated rings. The lowest BCUT2D eigenvalue weighted by Gasteiger charge is -2.36. The molecule has 1 saturated heterocycles. The number of amides is 1. The van der Waals surface area contributed by atoms with E-state index in [0.29, 0.717) is 17.7 Å². The summed E-state index contributed by atoms with van der Waals surface area (Å²) >= 11 is 0. The topological polar surface area (TPSA) is 59.2 Å². The number of hydrogen-bond acceptors (Lipinski definition) is 3. The summed E-state index contributed by atoms with van der Waals surface area (Å²) in [5.41, 5.74) is 7.10. The van der Waals surface area contributed by atoms with Crippen molar-refractivity contribution in [2.45, 2.75) is 44.4 Å². The third kappa shape index (κ3) is 5.08. The second kappa shape index (κ2) is 10.2. The SMILES string of the molecule is Cl.Cl.NCC1CCC(C(=O)N2CCC(c3ccncc3)CC2)CC1. The average molecular weight is 374 g/mol. The van der Waals surface area contributed by atoms with Gasteiger partial charge in [0.15, 0.2) is 0 Å². The van der Waals surface area contributed by atoms with Gasteiger partial charge in [-0.2, -0.15) is 0 Å². The number of hydrogen-bond donors (Lipinski definition) is 1. The standard InChI is InChI=1S/C18H27N3O.2ClH/c19-13-14-1-3-17(4-2-14)18(22)21-11-7-16(8-12-21)15-5-9-20-10-6-15;;/h5-6,9-10,14,16-17H,1-4,7-8,11-13,19H2;2*1H. The van der Waals surface area contributed by atoms with Crippen LogP contribution in [0.2, 0.25) is 0 Å². The second-order valence-electron chi connectivity index (χ2n) is 6.83. The molecule has 1 aliphatic heterocycles. The van der Waals surface area contributed by atoms with Gasteiger partial charge in [-0.05, 0) is 74.6 Å². The summed E-state index contributed by atoms with van der Waals surface area (Å²) in [6.45, 7) is 2.59. The zero-order chi connectivity index (χ0) is 15.4. The fourth-order valence-corrected chi connectivity index (χ4v) is 3.97. The van der Waals surface area contributed by atoms with Gasteiger partial charge in [-0.1, -0.05) is 0 Å². The van der Waals surface area contributed by atoms with E-state index in [9.17, 15) is 4.79 Å². The molecule has 2 aliphatic rings. The number of carbonyl (C=O) groups is 1. The Morgan fingerprint density at radius 2 is 1.62 bits per heavy atom. The van der Waals surface area contributed by atoms with E-state index >= 15 is 0 Å². The summed E-state index contributed by atoms with van der Waals surface area (Å²) in [4.78, 5) is 18.9. The lowest BCUT2D eigenvalue weighted by molar-refractivity contribution is -0.137. The predicted octanol–water partition coefficient (Wildman–Crippen LogP) is 3.40. The molecule has 0 atom stereocenters. The monoisotopic (exact) mass is 373 g/mol. The highest BCUT2D eigenvalue weighted by atomic mass is 35.5. The molecule has 136 valence electrons. The van der Waals surface area contributed by atoms with Crippen LogP contribution in [0.1, 0.15) is 50.0 Å². The van der Waals surface area contributed by atoms with Crippen LogP contribution < -0.4 is 5.73 Å². The highest BCUT2D eigenvalue weighted by Crippen LogP contribution is 2.32. The van der Waals surface area contributed by atoms with Crippen molar-refractivity contribution in [3.05, 3.63) is 30.1 Å². The van der Waals surface area contributed by atoms with Crippen molar-refractivity contribution in [3.8, 4) is 0 Å². The lowest BCUT2D eigenvalue weighted by Crippen LogP contribution is -2.42. The number of nitrogens with two attached hydrogens (primary N) is 1. The van der Waals surface area contributed by atoms with Crippen molar-refractivity contribution >= 4 is 30.7 Å². The Kier molecular flexibility index (Phi) is 9.03. The van der Waals surface area contributed by atoms with Crippen LogP contribution in [0.5, 0.6) is 0 Å². The number of nitrogens with zero attached hydrogens (tertiary/aromatic N) is 2. The summed E-state index contributed by atoms with van der Waals surface area (Å²) in [6, 6.07) is 4.21. The molecule has 1 aromatic heterocycles. The minimum absolute atomic E-state index is 0. The normalized spacial score (nSPS) is 24.6. The number of carbonyl (C=O) groups excluding carboxylic acids is 1. The van der Waals surface area contributed by atoms with Gasteiger partial charge >= 0.3 is 0 Å². The van der Waals surface area contributed by atoms with Gasteiger partial charge in [0.1, 0.15) is 0 Å². The molecular weight excluding hydrogens is 345 g/mol. The van der Waals surface area contributed by atoms with Crippen LogP contribution in [0.25, 0.3) is 0 Å². The summed E-state index contributed by atoms with van der Waals surface area (Å²) in [7, 11) is 0. The molecular formula is C18H29Cl2N3O. The first-order chi connectivity index (χ1) is 10.8. The number of likely N-dealkylation sites (tertiary alicyclic amines) is 1. The number of rotatable bonds is 3. The van der Waals surface area contributed by atoms with E-state index in [2.05, 4.69) is 22.0 Å². The van der Waals surface area contributed by atoms with Gasteiger partial charge in [0.25, 0.3) is 0 Å². The first-order valence-corrected chi connectivity index (χ1v) is 8.66. The maximum absolute atomic E-state index is 12.7. The molecule has 0 bridgehead atoms. The maximum Gasteiger partial charge on any atom is 0.225 e. The average Bonchev–Trinajstić information content (AvgIpc) is 2.62. The Labute approximate surface area is 157 Å². The minimum atomic E-state index is 0. The molecule has 1 amide bonds. The lowest BCUT2D eigenvalue weighted by atomic mass is 9.81. The molecule has 1 saturated carbocycles. The smallest absolute Gasteiger partial charge is 0.225 e. The van der Waals surface area contributed by atoms with E-state index in [1.54, 1.807) is 0 Å². The van der Waals surface area contributed by atoms with Crippen LogP contribution in [-0.2, 0) is 4.79 Å². The van der Waals surface area contributed by atoms with Crippen molar-refractivity contribution in [1.82, 2.24) is 9.88 Å². The van der Waals surface area contributed by atoms with Crippen LogP contribution in [0.3, 0.4) is 0 Å². The summed E-state index contributed by atoms with van der Waals surface area (Å²) in [5, 5.41) is 0. The molecule has 3 rings (SSSR count). The molecule has 0 aromatic carbocycles. The van der Waals surface area contributed by atoms with E-state index < -0.39 is 0 Å². The zero-order valence-electron chi connectivity index (χ0n) is 14.1. The van der Waals surface area contributed by atoms with Crippen molar-refractivity contribution in [1.29, 1.82) is 0 Å². The van der Waals surface area contributed by atoms with E-state index in [4.69, 9.17) is 5.73 Å². The summed E-state index contributed by atoms with van der Waals surface area (Å²) in [6.07, 6.45) is 10.2. The van der Waals surface area contributed by atoms with Gasteiger partial charge < -0.3 is 10.6 Å². The fourth-order valence-electron chi connectivity index (χ4n) is 3.97. The van der Waals surface area contributed by atoms with Crippen molar-refractivity contribution in [2.24, 2.45) is 17.6 Å². The first-order valence-electron chi connectivity index (χ1n) is 8.66. The molecule has 0 radical (unpaired) electrons. The molecule has 4 nitrogen and oxygen atoms in total. The summed E-state index contributed by atoms with van der Waals surface area (Å²) in [5.74, 6) is 1.87. The van der Waals surface area contributed by atoms with Gasteiger partial charge in [0, 0.05) is 31.4 Å². The van der Waals surface area contributed by atoms with Gasteiger partial charge in [-0.25, -0.2) is 0 Å². The predicted molar refractivity (Wildman–Crippen MR) is 102 cm³/mol. The largest absolute Gasteiger partial charge is 0.342 e. The highest BCUT2D eigenvalue weighted by Gasteiger charge is 2.31.